The predicted molar refractivity (Wildman–Crippen MR) is 110 cm³/mol. The number of carbonyl (C=O) groups is 2. The van der Waals surface area contributed by atoms with Crippen LogP contribution >= 0.6 is 11.6 Å². The Kier molecular flexibility index (Phi) is 7.66. The highest BCUT2D eigenvalue weighted by Gasteiger charge is 2.21. The number of nitrogens with one attached hydrogen (secondary N) is 2. The Bertz CT molecular complexity index is 844. The third-order valence-electron chi connectivity index (χ3n) is 4.23. The topological polar surface area (TPSA) is 79.9 Å². The number of halogens is 1. The van der Waals surface area contributed by atoms with E-state index in [0.29, 0.717) is 27.9 Å². The van der Waals surface area contributed by atoms with E-state index in [2.05, 4.69) is 10.6 Å². The van der Waals surface area contributed by atoms with Crippen molar-refractivity contribution in [1.29, 1.82) is 0 Å². The molecule has 0 aliphatic heterocycles. The van der Waals surface area contributed by atoms with Gasteiger partial charge in [0, 0.05) is 5.02 Å². The Morgan fingerprint density at radius 3 is 2.36 bits per heavy atom. The summed E-state index contributed by atoms with van der Waals surface area (Å²) in [5.41, 5.74) is 1.04. The van der Waals surface area contributed by atoms with Gasteiger partial charge in [0.05, 0.1) is 38.2 Å². The highest BCUT2D eigenvalue weighted by molar-refractivity contribution is 6.31. The average Bonchev–Trinajstić information content (AvgIpc) is 2.67. The SMILES string of the molecule is COc1ccc(Cl)cc1NC(=O)CN(C)[C@@H](C)C(=O)Nc1ccccc1OC. The van der Waals surface area contributed by atoms with Gasteiger partial charge in [-0.05, 0) is 44.3 Å². The van der Waals surface area contributed by atoms with Crippen LogP contribution in [0.3, 0.4) is 0 Å². The molecule has 0 aliphatic rings. The smallest absolute Gasteiger partial charge is 0.241 e. The molecular weight excluding hydrogens is 382 g/mol. The van der Waals surface area contributed by atoms with Crippen molar-refractivity contribution >= 4 is 34.8 Å². The molecule has 1 atom stereocenters. The summed E-state index contributed by atoms with van der Waals surface area (Å²) >= 11 is 5.98. The summed E-state index contributed by atoms with van der Waals surface area (Å²) in [5, 5.41) is 6.05. The minimum Gasteiger partial charge on any atom is -0.495 e. The summed E-state index contributed by atoms with van der Waals surface area (Å²) in [6.45, 7) is 1.73. The summed E-state index contributed by atoms with van der Waals surface area (Å²) in [6.07, 6.45) is 0. The normalized spacial score (nSPS) is 11.6. The van der Waals surface area contributed by atoms with Gasteiger partial charge in [-0.1, -0.05) is 23.7 Å². The second-order valence-corrected chi connectivity index (χ2v) is 6.61. The van der Waals surface area contributed by atoms with Crippen molar-refractivity contribution < 1.29 is 19.1 Å². The van der Waals surface area contributed by atoms with Gasteiger partial charge in [0.2, 0.25) is 11.8 Å². The van der Waals surface area contributed by atoms with Crippen LogP contribution < -0.4 is 20.1 Å². The number of anilines is 2. The van der Waals surface area contributed by atoms with Gasteiger partial charge in [-0.15, -0.1) is 0 Å². The second-order valence-electron chi connectivity index (χ2n) is 6.17. The highest BCUT2D eigenvalue weighted by Crippen LogP contribution is 2.27. The summed E-state index contributed by atoms with van der Waals surface area (Å²) < 4.78 is 10.5. The zero-order valence-corrected chi connectivity index (χ0v) is 17.0. The number of hydrogen-bond acceptors (Lipinski definition) is 5. The van der Waals surface area contributed by atoms with Crippen molar-refractivity contribution in [2.75, 3.05) is 38.4 Å². The molecule has 28 heavy (non-hydrogen) atoms. The number of nitrogens with zero attached hydrogens (tertiary/aromatic N) is 1. The predicted octanol–water partition coefficient (Wildman–Crippen LogP) is 3.25. The maximum absolute atomic E-state index is 12.5. The fourth-order valence-corrected chi connectivity index (χ4v) is 2.69. The van der Waals surface area contributed by atoms with Gasteiger partial charge in [-0.2, -0.15) is 0 Å². The van der Waals surface area contributed by atoms with Gasteiger partial charge < -0.3 is 20.1 Å². The Hall–Kier alpha value is -2.77. The third kappa shape index (κ3) is 5.61. The van der Waals surface area contributed by atoms with E-state index in [1.165, 1.54) is 14.2 Å². The van der Waals surface area contributed by atoms with Crippen LogP contribution in [0, 0.1) is 0 Å². The van der Waals surface area contributed by atoms with Crippen molar-refractivity contribution in [2.24, 2.45) is 0 Å². The molecule has 0 spiro atoms. The number of methoxy groups -OCH3 is 2. The summed E-state index contributed by atoms with van der Waals surface area (Å²) in [4.78, 5) is 26.6. The summed E-state index contributed by atoms with van der Waals surface area (Å²) in [5.74, 6) is 0.527. The molecule has 2 aromatic carbocycles. The molecule has 150 valence electrons. The Labute approximate surface area is 169 Å². The lowest BCUT2D eigenvalue weighted by molar-refractivity contribution is -0.122. The van der Waals surface area contributed by atoms with Crippen LogP contribution in [0.15, 0.2) is 42.5 Å². The largest absolute Gasteiger partial charge is 0.495 e. The average molecular weight is 406 g/mol. The first-order valence-corrected chi connectivity index (χ1v) is 9.01. The van der Waals surface area contributed by atoms with Gasteiger partial charge in [-0.25, -0.2) is 0 Å². The van der Waals surface area contributed by atoms with Gasteiger partial charge in [0.1, 0.15) is 11.5 Å². The second kappa shape index (κ2) is 9.96. The van der Waals surface area contributed by atoms with E-state index in [1.54, 1.807) is 55.3 Å². The lowest BCUT2D eigenvalue weighted by atomic mass is 10.2. The number of carbonyl (C=O) groups excluding carboxylic acids is 2. The van der Waals surface area contributed by atoms with Crippen molar-refractivity contribution in [3.8, 4) is 11.5 Å². The minimum atomic E-state index is -0.545. The minimum absolute atomic E-state index is 0.0101. The van der Waals surface area contributed by atoms with Gasteiger partial charge in [-0.3, -0.25) is 14.5 Å². The molecule has 0 aromatic heterocycles. The summed E-state index contributed by atoms with van der Waals surface area (Å²) in [6, 6.07) is 11.5. The van der Waals surface area contributed by atoms with E-state index in [1.807, 2.05) is 6.07 Å². The van der Waals surface area contributed by atoms with Crippen molar-refractivity contribution in [2.45, 2.75) is 13.0 Å². The Morgan fingerprint density at radius 1 is 1.04 bits per heavy atom. The van der Waals surface area contributed by atoms with E-state index in [0.717, 1.165) is 0 Å². The molecule has 2 amide bonds. The quantitative estimate of drug-likeness (QED) is 0.704. The first kappa shape index (κ1) is 21.5. The zero-order chi connectivity index (χ0) is 20.7. The molecule has 8 heteroatoms. The summed E-state index contributed by atoms with van der Waals surface area (Å²) in [7, 11) is 4.74. The maximum atomic E-state index is 12.5. The molecule has 0 aliphatic carbocycles. The third-order valence-corrected chi connectivity index (χ3v) is 4.47. The van der Waals surface area contributed by atoms with E-state index < -0.39 is 6.04 Å². The van der Waals surface area contributed by atoms with Gasteiger partial charge in [0.25, 0.3) is 0 Å². The highest BCUT2D eigenvalue weighted by atomic mass is 35.5. The standard InChI is InChI=1S/C20H24ClN3O4/c1-13(20(26)23-15-7-5-6-8-17(15)27-3)24(2)12-19(25)22-16-11-14(21)9-10-18(16)28-4/h5-11,13H,12H2,1-4H3,(H,22,25)(H,23,26)/t13-/m0/s1. The molecule has 2 rings (SSSR count). The molecule has 0 radical (unpaired) electrons. The van der Waals surface area contributed by atoms with Gasteiger partial charge in [0.15, 0.2) is 0 Å². The number of hydrogen-bond donors (Lipinski definition) is 2. The number of likely N-dealkylation sites (N-methyl/N-ethyl adjacent to an activating group) is 1. The Morgan fingerprint density at radius 2 is 1.68 bits per heavy atom. The molecule has 0 fully saturated rings. The fraction of sp³-hybridized carbons (Fsp3) is 0.300. The number of para-hydroxylation sites is 2. The first-order chi connectivity index (χ1) is 13.3. The van der Waals surface area contributed by atoms with E-state index in [-0.39, 0.29) is 18.4 Å². The Balaban J connectivity index is 1.97. The molecule has 2 N–H and O–H groups in total. The van der Waals surface area contributed by atoms with Crippen molar-refractivity contribution in [3.05, 3.63) is 47.5 Å². The van der Waals surface area contributed by atoms with Crippen LogP contribution in [0.25, 0.3) is 0 Å². The number of amides is 2. The van der Waals surface area contributed by atoms with Crippen LogP contribution in [0.5, 0.6) is 11.5 Å². The molecule has 7 nitrogen and oxygen atoms in total. The van der Waals surface area contributed by atoms with Crippen molar-refractivity contribution in [1.82, 2.24) is 4.90 Å². The lowest BCUT2D eigenvalue weighted by Crippen LogP contribution is -2.43. The maximum Gasteiger partial charge on any atom is 0.241 e. The first-order valence-electron chi connectivity index (χ1n) is 8.63. The number of benzene rings is 2. The molecule has 0 unspecified atom stereocenters. The van der Waals surface area contributed by atoms with E-state index >= 15 is 0 Å². The molecule has 2 aromatic rings. The molecule has 0 saturated carbocycles. The molecular formula is C20H24ClN3O4. The van der Waals surface area contributed by atoms with Crippen LogP contribution in [0.1, 0.15) is 6.92 Å². The molecule has 0 bridgehead atoms. The molecule has 0 saturated heterocycles. The molecule has 0 heterocycles. The van der Waals surface area contributed by atoms with E-state index in [4.69, 9.17) is 21.1 Å². The number of ether oxygens (including phenoxy) is 2. The van der Waals surface area contributed by atoms with E-state index in [9.17, 15) is 9.59 Å². The van der Waals surface area contributed by atoms with Crippen LogP contribution in [-0.2, 0) is 9.59 Å². The van der Waals surface area contributed by atoms with Crippen LogP contribution in [-0.4, -0.2) is 50.6 Å². The fourth-order valence-electron chi connectivity index (χ4n) is 2.52. The van der Waals surface area contributed by atoms with Gasteiger partial charge >= 0.3 is 0 Å². The zero-order valence-electron chi connectivity index (χ0n) is 16.3. The number of rotatable bonds is 8. The van der Waals surface area contributed by atoms with Crippen molar-refractivity contribution in [3.63, 3.8) is 0 Å². The van der Waals surface area contributed by atoms with Crippen LogP contribution in [0.2, 0.25) is 5.02 Å². The lowest BCUT2D eigenvalue weighted by Gasteiger charge is -2.24. The monoisotopic (exact) mass is 405 g/mol. The van der Waals surface area contributed by atoms with Crippen LogP contribution in [0.4, 0.5) is 11.4 Å².